The van der Waals surface area contributed by atoms with Crippen LogP contribution in [-0.2, 0) is 38.1 Å². The molecule has 0 aromatic heterocycles. The van der Waals surface area contributed by atoms with Gasteiger partial charge in [0.05, 0.1) is 0 Å². The molecular weight excluding hydrogens is 775 g/mol. The van der Waals surface area contributed by atoms with Crippen molar-refractivity contribution in [1.29, 1.82) is 0 Å². The minimum atomic E-state index is -0.194. The number of rotatable bonds is 6. The molecule has 0 aromatic rings. The van der Waals surface area contributed by atoms with Crippen molar-refractivity contribution >= 4 is 47.1 Å². The van der Waals surface area contributed by atoms with Gasteiger partial charge in [-0.3, -0.25) is 19.2 Å². The number of hydrogen-bond donors (Lipinski definition) is 0. The minimum Gasteiger partial charge on any atom is -0.462 e. The van der Waals surface area contributed by atoms with Gasteiger partial charge in [-0.25, -0.2) is 0 Å². The zero-order valence-electron chi connectivity index (χ0n) is 35.6. The van der Waals surface area contributed by atoms with E-state index in [0.29, 0.717) is 35.5 Å². The monoisotopic (exact) mass is 840 g/mol. The molecule has 0 N–H and O–H groups in total. The zero-order valence-corrected chi connectivity index (χ0v) is 37.1. The molecule has 10 heteroatoms. The summed E-state index contributed by atoms with van der Waals surface area (Å²) in [6.45, 7) is 10.7. The molecule has 0 aliphatic heterocycles. The van der Waals surface area contributed by atoms with Crippen LogP contribution in [0.2, 0.25) is 0 Å². The van der Waals surface area contributed by atoms with E-state index in [0.717, 1.165) is 103 Å². The topological polar surface area (TPSA) is 105 Å². The third-order valence-electron chi connectivity index (χ3n) is 17.1. The molecule has 8 aliphatic rings. The predicted octanol–water partition coefficient (Wildman–Crippen LogP) is 11.1. The summed E-state index contributed by atoms with van der Waals surface area (Å²) in [4.78, 5) is 46.2. The molecule has 58 heavy (non-hydrogen) atoms. The van der Waals surface area contributed by atoms with Crippen LogP contribution in [0.25, 0.3) is 0 Å². The fourth-order valence-corrected chi connectivity index (χ4v) is 15.3. The smallest absolute Gasteiger partial charge is 0.302 e. The first-order valence-corrected chi connectivity index (χ1v) is 23.1. The number of ether oxygens (including phenoxy) is 4. The Morgan fingerprint density at radius 3 is 1.26 bits per heavy atom. The number of esters is 4. The Morgan fingerprint density at radius 1 is 0.534 bits per heavy atom. The highest BCUT2D eigenvalue weighted by Crippen LogP contribution is 2.67. The second-order valence-electron chi connectivity index (χ2n) is 19.7. The van der Waals surface area contributed by atoms with E-state index in [-0.39, 0.29) is 70.0 Å². The first kappa shape index (κ1) is 43.5. The van der Waals surface area contributed by atoms with Crippen LogP contribution >= 0.6 is 23.2 Å². The van der Waals surface area contributed by atoms with Crippen LogP contribution in [0.4, 0.5) is 0 Å². The highest BCUT2D eigenvalue weighted by atomic mass is 35.5. The van der Waals surface area contributed by atoms with Gasteiger partial charge in [-0.15, -0.1) is 0 Å². The molecule has 6 unspecified atom stereocenters. The average molecular weight is 842 g/mol. The normalized spacial score (nSPS) is 43.7. The molecule has 0 aromatic carbocycles. The first-order chi connectivity index (χ1) is 27.6. The Balaban J connectivity index is 0.000000177. The van der Waals surface area contributed by atoms with E-state index in [2.05, 4.69) is 38.2 Å². The van der Waals surface area contributed by atoms with Gasteiger partial charge in [0.1, 0.15) is 24.4 Å². The van der Waals surface area contributed by atoms with E-state index in [4.69, 9.17) is 42.1 Å². The van der Waals surface area contributed by atoms with Gasteiger partial charge in [0.15, 0.2) is 0 Å². The summed E-state index contributed by atoms with van der Waals surface area (Å²) in [6.07, 6.45) is 25.6. The second kappa shape index (κ2) is 17.1. The van der Waals surface area contributed by atoms with Gasteiger partial charge in [0.25, 0.3) is 0 Å². The van der Waals surface area contributed by atoms with E-state index < -0.39 is 0 Å². The lowest BCUT2D eigenvalue weighted by molar-refractivity contribution is -0.157. The fraction of sp³-hybridized carbons (Fsp3) is 0.750. The number of hydrogen-bond acceptors (Lipinski definition) is 8. The van der Waals surface area contributed by atoms with Crippen LogP contribution in [0.3, 0.4) is 0 Å². The number of carbonyl (C=O) groups is 4. The average Bonchev–Trinajstić information content (AvgIpc) is 3.66. The summed E-state index contributed by atoms with van der Waals surface area (Å²) >= 11 is 12.3. The summed E-state index contributed by atoms with van der Waals surface area (Å²) in [6, 6.07) is 0. The van der Waals surface area contributed by atoms with Crippen molar-refractivity contribution in [1.82, 2.24) is 0 Å². The molecule has 0 spiro atoms. The number of fused-ring (bicyclic) bond motifs is 10. The molecule has 0 heterocycles. The van der Waals surface area contributed by atoms with Crippen molar-refractivity contribution < 1.29 is 38.1 Å². The third kappa shape index (κ3) is 7.77. The number of halogens is 2. The molecule has 0 saturated heterocycles. The maximum Gasteiger partial charge on any atom is 0.302 e. The van der Waals surface area contributed by atoms with Crippen LogP contribution in [0, 0.1) is 57.2 Å². The van der Waals surface area contributed by atoms with Crippen molar-refractivity contribution in [2.45, 2.75) is 169 Å². The summed E-state index contributed by atoms with van der Waals surface area (Å²) in [5.74, 6) is 2.76. The van der Waals surface area contributed by atoms with Gasteiger partial charge in [-0.1, -0.05) is 72.5 Å². The summed E-state index contributed by atoms with van der Waals surface area (Å²) < 4.78 is 22.6. The lowest BCUT2D eigenvalue weighted by atomic mass is 9.47. The number of carbonyl (C=O) groups excluding carboxylic acids is 4. The molecule has 6 fully saturated rings. The molecule has 0 radical (unpaired) electrons. The van der Waals surface area contributed by atoms with E-state index in [1.54, 1.807) is 11.1 Å². The zero-order chi connectivity index (χ0) is 41.6. The lowest BCUT2D eigenvalue weighted by Crippen LogP contribution is -2.52. The highest BCUT2D eigenvalue weighted by molar-refractivity contribution is 6.25. The van der Waals surface area contributed by atoms with Crippen LogP contribution in [-0.4, -0.2) is 48.3 Å². The van der Waals surface area contributed by atoms with Crippen LogP contribution in [0.5, 0.6) is 0 Å². The summed E-state index contributed by atoms with van der Waals surface area (Å²) in [5.41, 5.74) is 6.36. The fourth-order valence-electron chi connectivity index (χ4n) is 14.9. The van der Waals surface area contributed by atoms with E-state index in [9.17, 15) is 19.2 Å². The SMILES string of the molecule is CC(=O)O[C@H]1CC[C@@]2(/C=C/Cl)C(=CCC3C2CC[C@@]2(C)C3CC[C@@H]2OC(C)=O)C1.CC(=O)O[C@H]1CC[C@@]2(/C=C\Cl)C(=CCC3C2CC[C@@]2(C)C3CC[C@@H]2OC(C)=O)C1. The van der Waals surface area contributed by atoms with Crippen LogP contribution in [0.1, 0.15) is 144 Å². The van der Waals surface area contributed by atoms with Crippen LogP contribution < -0.4 is 0 Å². The van der Waals surface area contributed by atoms with E-state index in [1.165, 1.54) is 38.8 Å². The Kier molecular flexibility index (Phi) is 12.8. The Hall–Kier alpha value is -2.58. The first-order valence-electron chi connectivity index (χ1n) is 22.2. The van der Waals surface area contributed by atoms with Crippen molar-refractivity contribution in [3.63, 3.8) is 0 Å². The Bertz CT molecular complexity index is 1610. The Labute approximate surface area is 356 Å². The van der Waals surface area contributed by atoms with Gasteiger partial charge >= 0.3 is 23.9 Å². The predicted molar refractivity (Wildman–Crippen MR) is 224 cm³/mol. The van der Waals surface area contributed by atoms with Crippen molar-refractivity contribution in [2.75, 3.05) is 0 Å². The maximum absolute atomic E-state index is 11.6. The van der Waals surface area contributed by atoms with Gasteiger partial charge < -0.3 is 18.9 Å². The molecular formula is C48H66Cl2O8. The minimum absolute atomic E-state index is 0.0117. The summed E-state index contributed by atoms with van der Waals surface area (Å²) in [7, 11) is 0. The molecule has 0 amide bonds. The van der Waals surface area contributed by atoms with Crippen LogP contribution in [0.15, 0.2) is 46.5 Å². The summed E-state index contributed by atoms with van der Waals surface area (Å²) in [5, 5.41) is 0. The van der Waals surface area contributed by atoms with Crippen molar-refractivity contribution in [3.05, 3.63) is 46.5 Å². The standard InChI is InChI=1S/2C24H33ClO4/c2*1-15(26)28-18-8-11-24(12-13-25)17(14-18)4-5-19-20-6-7-22(29-16(2)27)23(20,3)10-9-21(19)24/h2*4,12-13,18-22H,5-11,14H2,1-3H3/b13-12+;13-12-/t2*18-,19?,20?,21?,22-,23-,24+/m00/s1. The van der Waals surface area contributed by atoms with E-state index >= 15 is 0 Å². The molecule has 0 bridgehead atoms. The van der Waals surface area contributed by atoms with Gasteiger partial charge in [0.2, 0.25) is 0 Å². The lowest BCUT2D eigenvalue weighted by Gasteiger charge is -2.58. The quantitative estimate of drug-likeness (QED) is 0.148. The van der Waals surface area contributed by atoms with Crippen molar-refractivity contribution in [2.24, 2.45) is 57.2 Å². The third-order valence-corrected chi connectivity index (χ3v) is 17.4. The molecule has 8 aliphatic carbocycles. The molecule has 320 valence electrons. The van der Waals surface area contributed by atoms with Gasteiger partial charge in [0, 0.05) is 73.3 Å². The van der Waals surface area contributed by atoms with Gasteiger partial charge in [-0.05, 0) is 125 Å². The largest absolute Gasteiger partial charge is 0.462 e. The molecule has 6 saturated carbocycles. The van der Waals surface area contributed by atoms with E-state index in [1.807, 2.05) is 0 Å². The number of allylic oxidation sites excluding steroid dienone is 4. The molecule has 8 nitrogen and oxygen atoms in total. The Morgan fingerprint density at radius 2 is 0.914 bits per heavy atom. The molecule has 14 atom stereocenters. The highest BCUT2D eigenvalue weighted by Gasteiger charge is 2.62. The molecule has 8 rings (SSSR count). The maximum atomic E-state index is 11.6. The van der Waals surface area contributed by atoms with Crippen molar-refractivity contribution in [3.8, 4) is 0 Å². The van der Waals surface area contributed by atoms with Gasteiger partial charge in [-0.2, -0.15) is 0 Å². The second-order valence-corrected chi connectivity index (χ2v) is 20.2.